The van der Waals surface area contributed by atoms with Gasteiger partial charge in [-0.3, -0.25) is 9.89 Å². The molecule has 160 valence electrons. The van der Waals surface area contributed by atoms with Crippen molar-refractivity contribution in [2.45, 2.75) is 52.6 Å². The Balaban J connectivity index is 2.71. The predicted octanol–water partition coefficient (Wildman–Crippen LogP) is 0.616. The van der Waals surface area contributed by atoms with Crippen LogP contribution in [0.5, 0.6) is 0 Å². The Morgan fingerprint density at radius 2 is 1.85 bits per heavy atom. The summed E-state index contributed by atoms with van der Waals surface area (Å²) in [6.07, 6.45) is 2.27. The number of nitrogens with zero attached hydrogens (tertiary/aromatic N) is 2. The molecule has 1 saturated heterocycles. The molecular formula is C18H39N5O3S. The summed E-state index contributed by atoms with van der Waals surface area (Å²) >= 11 is 0. The van der Waals surface area contributed by atoms with Crippen LogP contribution in [-0.2, 0) is 14.8 Å². The van der Waals surface area contributed by atoms with Crippen LogP contribution in [0.2, 0.25) is 0 Å². The number of morpholine rings is 1. The number of ether oxygens (including phenoxy) is 1. The number of hydrogen-bond donors (Lipinski definition) is 3. The van der Waals surface area contributed by atoms with Gasteiger partial charge in [-0.15, -0.1) is 0 Å². The van der Waals surface area contributed by atoms with Crippen molar-refractivity contribution in [1.82, 2.24) is 20.3 Å². The lowest BCUT2D eigenvalue weighted by atomic mass is 10.0. The quantitative estimate of drug-likeness (QED) is 0.364. The summed E-state index contributed by atoms with van der Waals surface area (Å²) in [5.41, 5.74) is -0.641. The van der Waals surface area contributed by atoms with Crippen LogP contribution in [-0.4, -0.2) is 83.1 Å². The van der Waals surface area contributed by atoms with E-state index in [1.807, 2.05) is 20.8 Å². The highest BCUT2D eigenvalue weighted by Gasteiger charge is 2.24. The highest BCUT2D eigenvalue weighted by molar-refractivity contribution is 7.88. The average Bonchev–Trinajstić information content (AvgIpc) is 2.54. The Bertz CT molecular complexity index is 557. The van der Waals surface area contributed by atoms with E-state index >= 15 is 0 Å². The maximum Gasteiger partial charge on any atom is 0.209 e. The molecule has 0 saturated carbocycles. The van der Waals surface area contributed by atoms with Crippen molar-refractivity contribution in [2.24, 2.45) is 10.9 Å². The zero-order valence-electron chi connectivity index (χ0n) is 17.8. The van der Waals surface area contributed by atoms with Gasteiger partial charge < -0.3 is 15.4 Å². The minimum atomic E-state index is -3.27. The first-order valence-corrected chi connectivity index (χ1v) is 11.7. The van der Waals surface area contributed by atoms with Crippen molar-refractivity contribution in [3.63, 3.8) is 0 Å². The topological polar surface area (TPSA) is 95.1 Å². The fraction of sp³-hybridized carbons (Fsp3) is 0.944. The largest absolute Gasteiger partial charge is 0.379 e. The second-order valence-electron chi connectivity index (χ2n) is 8.27. The van der Waals surface area contributed by atoms with Gasteiger partial charge in [0.15, 0.2) is 5.96 Å². The summed E-state index contributed by atoms with van der Waals surface area (Å²) in [4.78, 5) is 7.07. The van der Waals surface area contributed by atoms with Gasteiger partial charge in [0, 0.05) is 37.8 Å². The van der Waals surface area contributed by atoms with E-state index in [9.17, 15) is 8.42 Å². The molecule has 1 rings (SSSR count). The first-order valence-electron chi connectivity index (χ1n) is 9.85. The van der Waals surface area contributed by atoms with Crippen molar-refractivity contribution < 1.29 is 13.2 Å². The molecule has 1 unspecified atom stereocenters. The lowest BCUT2D eigenvalue weighted by molar-refractivity contribution is 0.0132. The first kappa shape index (κ1) is 24.1. The maximum absolute atomic E-state index is 11.5. The number of nitrogens with one attached hydrogen (secondary N) is 3. The Morgan fingerprint density at radius 1 is 1.22 bits per heavy atom. The van der Waals surface area contributed by atoms with E-state index < -0.39 is 15.6 Å². The molecule has 27 heavy (non-hydrogen) atoms. The molecule has 0 aromatic heterocycles. The number of rotatable bonds is 10. The Kier molecular flexibility index (Phi) is 10.0. The zero-order valence-corrected chi connectivity index (χ0v) is 18.7. The van der Waals surface area contributed by atoms with Crippen LogP contribution in [0.1, 0.15) is 41.0 Å². The van der Waals surface area contributed by atoms with Crippen LogP contribution in [0.4, 0.5) is 0 Å². The average molecular weight is 406 g/mol. The van der Waals surface area contributed by atoms with Crippen molar-refractivity contribution >= 4 is 16.0 Å². The van der Waals surface area contributed by atoms with Crippen LogP contribution in [0, 0.1) is 5.92 Å². The summed E-state index contributed by atoms with van der Waals surface area (Å²) in [6, 6.07) is 0.417. The monoisotopic (exact) mass is 405 g/mol. The lowest BCUT2D eigenvalue weighted by Gasteiger charge is -2.36. The molecule has 1 aliphatic heterocycles. The van der Waals surface area contributed by atoms with Crippen LogP contribution in [0.25, 0.3) is 0 Å². The minimum absolute atomic E-state index is 0.349. The van der Waals surface area contributed by atoms with E-state index in [-0.39, 0.29) is 0 Å². The van der Waals surface area contributed by atoms with Gasteiger partial charge in [-0.05, 0) is 33.1 Å². The summed E-state index contributed by atoms with van der Waals surface area (Å²) < 4.78 is 31.1. The Morgan fingerprint density at radius 3 is 2.37 bits per heavy atom. The molecule has 0 spiro atoms. The van der Waals surface area contributed by atoms with Crippen molar-refractivity contribution in [3.05, 3.63) is 0 Å². The van der Waals surface area contributed by atoms with Gasteiger partial charge in [-0.1, -0.05) is 13.8 Å². The fourth-order valence-corrected chi connectivity index (χ4v) is 4.28. The molecule has 1 atom stereocenters. The molecule has 3 N–H and O–H groups in total. The van der Waals surface area contributed by atoms with E-state index in [1.54, 1.807) is 0 Å². The van der Waals surface area contributed by atoms with Crippen LogP contribution < -0.4 is 15.4 Å². The lowest BCUT2D eigenvalue weighted by Crippen LogP contribution is -2.51. The number of sulfonamides is 1. The van der Waals surface area contributed by atoms with E-state index in [2.05, 4.69) is 39.1 Å². The number of guanidine groups is 1. The SMILES string of the molecule is CCNC(=NCC(C)(C)NS(C)(=O)=O)NCC(CC(C)C)N1CCOCC1. The van der Waals surface area contributed by atoms with Gasteiger partial charge in [0.2, 0.25) is 10.0 Å². The highest BCUT2D eigenvalue weighted by Crippen LogP contribution is 2.13. The van der Waals surface area contributed by atoms with Crippen molar-refractivity contribution in [3.8, 4) is 0 Å². The summed E-state index contributed by atoms with van der Waals surface area (Å²) in [5, 5.41) is 6.69. The molecule has 1 aliphatic rings. The Labute approximate surface area is 165 Å². The smallest absolute Gasteiger partial charge is 0.209 e. The van der Waals surface area contributed by atoms with Gasteiger partial charge in [-0.25, -0.2) is 13.1 Å². The summed E-state index contributed by atoms with van der Waals surface area (Å²) in [5.74, 6) is 1.32. The maximum atomic E-state index is 11.5. The molecular weight excluding hydrogens is 366 g/mol. The van der Waals surface area contributed by atoms with Gasteiger partial charge in [0.25, 0.3) is 0 Å². The summed E-state index contributed by atoms with van der Waals surface area (Å²) in [7, 11) is -3.27. The highest BCUT2D eigenvalue weighted by atomic mass is 32.2. The summed E-state index contributed by atoms with van der Waals surface area (Å²) in [6.45, 7) is 15.5. The van der Waals surface area contributed by atoms with Gasteiger partial charge >= 0.3 is 0 Å². The molecule has 0 aromatic rings. The third-order valence-electron chi connectivity index (χ3n) is 4.25. The molecule has 0 aliphatic carbocycles. The second-order valence-corrected chi connectivity index (χ2v) is 10.0. The van der Waals surface area contributed by atoms with E-state index in [0.29, 0.717) is 24.5 Å². The van der Waals surface area contributed by atoms with Crippen LogP contribution in [0.15, 0.2) is 4.99 Å². The van der Waals surface area contributed by atoms with Gasteiger partial charge in [0.05, 0.1) is 26.0 Å². The molecule has 0 amide bonds. The van der Waals surface area contributed by atoms with Crippen LogP contribution >= 0.6 is 0 Å². The standard InChI is InChI=1S/C18H39N5O3S/c1-7-19-17(21-14-18(4,5)22-27(6,24)25)20-13-16(12-15(2)3)23-8-10-26-11-9-23/h15-16,22H,7-14H2,1-6H3,(H2,19,20,21). The minimum Gasteiger partial charge on any atom is -0.379 e. The molecule has 0 bridgehead atoms. The molecule has 1 heterocycles. The second kappa shape index (κ2) is 11.2. The molecule has 0 aromatic carbocycles. The molecule has 9 heteroatoms. The third-order valence-corrected chi connectivity index (χ3v) is 5.17. The molecule has 0 radical (unpaired) electrons. The number of hydrogen-bond acceptors (Lipinski definition) is 5. The van der Waals surface area contributed by atoms with Gasteiger partial charge in [-0.2, -0.15) is 0 Å². The third kappa shape index (κ3) is 10.9. The zero-order chi connectivity index (χ0) is 20.5. The Hall–Kier alpha value is -0.900. The molecule has 8 nitrogen and oxygen atoms in total. The van der Waals surface area contributed by atoms with E-state index in [1.165, 1.54) is 6.26 Å². The number of aliphatic imine (C=N–C) groups is 1. The van der Waals surface area contributed by atoms with Crippen molar-refractivity contribution in [1.29, 1.82) is 0 Å². The first-order chi connectivity index (χ1) is 12.5. The fourth-order valence-electron chi connectivity index (χ4n) is 3.22. The van der Waals surface area contributed by atoms with Crippen LogP contribution in [0.3, 0.4) is 0 Å². The normalized spacial score (nSPS) is 18.6. The predicted molar refractivity (Wildman–Crippen MR) is 112 cm³/mol. The molecule has 1 fully saturated rings. The van der Waals surface area contributed by atoms with E-state index in [4.69, 9.17) is 4.74 Å². The van der Waals surface area contributed by atoms with E-state index in [0.717, 1.165) is 45.8 Å². The van der Waals surface area contributed by atoms with Crippen molar-refractivity contribution in [2.75, 3.05) is 52.2 Å². The van der Waals surface area contributed by atoms with Gasteiger partial charge in [0.1, 0.15) is 0 Å².